The van der Waals surface area contributed by atoms with E-state index in [9.17, 15) is 9.00 Å². The molecule has 0 bridgehead atoms. The largest absolute Gasteiger partial charge is 0.441 e. The fourth-order valence-corrected chi connectivity index (χ4v) is 3.78. The summed E-state index contributed by atoms with van der Waals surface area (Å²) < 4.78 is 28.0. The number of benzene rings is 1. The molecule has 0 saturated carbocycles. The minimum absolute atomic E-state index is 0.398. The molecule has 128 valence electrons. The molecule has 0 aliphatic heterocycles. The lowest BCUT2D eigenvalue weighted by atomic mass is 10.1. The molecule has 0 aliphatic rings. The summed E-state index contributed by atoms with van der Waals surface area (Å²) in [5.74, 6) is 0. The number of hydrogen-bond donors (Lipinski definition) is 2. The molecule has 1 unspecified atom stereocenters. The van der Waals surface area contributed by atoms with E-state index in [1.54, 1.807) is 13.0 Å². The molecule has 0 aliphatic carbocycles. The highest BCUT2D eigenvalue weighted by Crippen LogP contribution is 2.18. The first-order valence-electron chi connectivity index (χ1n) is 7.82. The molecule has 5 nitrogen and oxygen atoms in total. The van der Waals surface area contributed by atoms with E-state index in [1.807, 2.05) is 37.3 Å². The third-order valence-corrected chi connectivity index (χ3v) is 5.44. The molecule has 1 aromatic rings. The zero-order valence-electron chi connectivity index (χ0n) is 13.8. The van der Waals surface area contributed by atoms with Gasteiger partial charge >= 0.3 is 6.09 Å². The average molecular weight is 338 g/mol. The van der Waals surface area contributed by atoms with Crippen molar-refractivity contribution in [1.29, 1.82) is 4.78 Å². The van der Waals surface area contributed by atoms with Gasteiger partial charge in [0, 0.05) is 0 Å². The molecule has 23 heavy (non-hydrogen) atoms. The molecule has 3 atom stereocenters. The number of ether oxygens (including phenoxy) is 1. The monoisotopic (exact) mass is 338 g/mol. The predicted octanol–water partition coefficient (Wildman–Crippen LogP) is 4.57. The van der Waals surface area contributed by atoms with Gasteiger partial charge in [-0.1, -0.05) is 49.8 Å². The SMILES string of the molecule is C=CCC[C@@H](CCC)S(=N)(=O)NC(=O)O[C@@H](C)c1ccccc1. The van der Waals surface area contributed by atoms with Gasteiger partial charge in [-0.2, -0.15) is 0 Å². The van der Waals surface area contributed by atoms with E-state index in [1.165, 1.54) is 0 Å². The number of amides is 1. The van der Waals surface area contributed by atoms with Crippen LogP contribution in [0, 0.1) is 4.78 Å². The maximum absolute atomic E-state index is 12.5. The van der Waals surface area contributed by atoms with Crippen molar-refractivity contribution in [3.63, 3.8) is 0 Å². The number of hydrogen-bond acceptors (Lipinski definition) is 4. The van der Waals surface area contributed by atoms with Crippen LogP contribution < -0.4 is 4.72 Å². The van der Waals surface area contributed by atoms with Gasteiger partial charge in [0.1, 0.15) is 16.0 Å². The summed E-state index contributed by atoms with van der Waals surface area (Å²) in [6.07, 6.45) is 3.09. The summed E-state index contributed by atoms with van der Waals surface area (Å²) in [4.78, 5) is 12.0. The summed E-state index contributed by atoms with van der Waals surface area (Å²) in [7, 11) is -3.26. The van der Waals surface area contributed by atoms with Crippen molar-refractivity contribution >= 4 is 16.0 Å². The van der Waals surface area contributed by atoms with E-state index in [0.29, 0.717) is 19.3 Å². The van der Waals surface area contributed by atoms with Gasteiger partial charge in [0.25, 0.3) is 0 Å². The van der Waals surface area contributed by atoms with Crippen LogP contribution in [0.15, 0.2) is 43.0 Å². The molecule has 1 rings (SSSR count). The topological polar surface area (TPSA) is 79.3 Å². The smallest absolute Gasteiger partial charge is 0.420 e. The van der Waals surface area contributed by atoms with Crippen LogP contribution >= 0.6 is 0 Å². The second-order valence-corrected chi connectivity index (χ2v) is 7.51. The number of carbonyl (C=O) groups excluding carboxylic acids is 1. The quantitative estimate of drug-likeness (QED) is 0.647. The lowest BCUT2D eigenvalue weighted by Crippen LogP contribution is -2.38. The maximum atomic E-state index is 12.5. The first kappa shape index (κ1) is 19.2. The van der Waals surface area contributed by atoms with Crippen molar-refractivity contribution < 1.29 is 13.7 Å². The zero-order chi connectivity index (χ0) is 17.3. The predicted molar refractivity (Wildman–Crippen MR) is 93.5 cm³/mol. The van der Waals surface area contributed by atoms with Gasteiger partial charge in [-0.3, -0.25) is 0 Å². The van der Waals surface area contributed by atoms with Gasteiger partial charge in [0.05, 0.1) is 5.25 Å². The van der Waals surface area contributed by atoms with Crippen LogP contribution in [0.2, 0.25) is 0 Å². The molecular formula is C17H26N2O3S. The van der Waals surface area contributed by atoms with Crippen LogP contribution in [0.5, 0.6) is 0 Å². The maximum Gasteiger partial charge on any atom is 0.420 e. The van der Waals surface area contributed by atoms with Crippen molar-refractivity contribution in [1.82, 2.24) is 4.72 Å². The van der Waals surface area contributed by atoms with Crippen molar-refractivity contribution in [3.05, 3.63) is 48.6 Å². The highest BCUT2D eigenvalue weighted by atomic mass is 32.2. The summed E-state index contributed by atoms with van der Waals surface area (Å²) in [5, 5.41) is -0.398. The van der Waals surface area contributed by atoms with E-state index in [2.05, 4.69) is 11.3 Å². The Morgan fingerprint density at radius 2 is 2.04 bits per heavy atom. The van der Waals surface area contributed by atoms with E-state index >= 15 is 0 Å². The van der Waals surface area contributed by atoms with E-state index < -0.39 is 27.4 Å². The first-order valence-corrected chi connectivity index (χ1v) is 9.44. The second-order valence-electron chi connectivity index (χ2n) is 5.44. The number of rotatable bonds is 9. The summed E-state index contributed by atoms with van der Waals surface area (Å²) in [6.45, 7) is 7.35. The first-order chi connectivity index (χ1) is 10.9. The molecule has 0 radical (unpaired) electrons. The van der Waals surface area contributed by atoms with Crippen LogP contribution in [0.25, 0.3) is 0 Å². The summed E-state index contributed by atoms with van der Waals surface area (Å²) in [5.41, 5.74) is 0.843. The number of nitrogens with one attached hydrogen (secondary N) is 2. The summed E-state index contributed by atoms with van der Waals surface area (Å²) in [6, 6.07) is 9.28. The summed E-state index contributed by atoms with van der Waals surface area (Å²) >= 11 is 0. The second kappa shape index (κ2) is 9.35. The van der Waals surface area contributed by atoms with Crippen LogP contribution in [0.1, 0.15) is 51.2 Å². The van der Waals surface area contributed by atoms with Gasteiger partial charge < -0.3 is 4.74 Å². The molecule has 0 heterocycles. The molecule has 1 amide bonds. The molecule has 0 saturated heterocycles. The van der Waals surface area contributed by atoms with E-state index in [4.69, 9.17) is 9.52 Å². The Labute approximate surface area is 139 Å². The van der Waals surface area contributed by atoms with Crippen molar-refractivity contribution in [2.45, 2.75) is 50.9 Å². The highest BCUT2D eigenvalue weighted by molar-refractivity contribution is 7.91. The van der Waals surface area contributed by atoms with Crippen LogP contribution in [-0.4, -0.2) is 15.6 Å². The number of allylic oxidation sites excluding steroid dienone is 1. The molecular weight excluding hydrogens is 312 g/mol. The van der Waals surface area contributed by atoms with Crippen molar-refractivity contribution in [2.24, 2.45) is 0 Å². The van der Waals surface area contributed by atoms with Crippen LogP contribution in [-0.2, 0) is 14.7 Å². The number of carbonyl (C=O) groups is 1. The minimum Gasteiger partial charge on any atom is -0.441 e. The van der Waals surface area contributed by atoms with Crippen LogP contribution in [0.3, 0.4) is 0 Å². The molecule has 2 N–H and O–H groups in total. The standard InChI is InChI=1S/C17H26N2O3S/c1-4-6-13-16(10-5-2)23(18,21)19-17(20)22-14(3)15-11-8-7-9-12-15/h4,7-9,11-12,14,16H,1,5-6,10,13H2,2-3H3,(H2,18,19,20,21)/t14-,16+,23?/m0/s1. The van der Waals surface area contributed by atoms with Gasteiger partial charge in [0.2, 0.25) is 0 Å². The Morgan fingerprint density at radius 1 is 1.39 bits per heavy atom. The normalized spacial score (nSPS) is 15.9. The van der Waals surface area contributed by atoms with E-state index in [-0.39, 0.29) is 0 Å². The average Bonchev–Trinajstić information content (AvgIpc) is 2.51. The van der Waals surface area contributed by atoms with Crippen LogP contribution in [0.4, 0.5) is 4.79 Å². The Bertz CT molecular complexity index is 600. The third kappa shape index (κ3) is 6.44. The minimum atomic E-state index is -3.26. The highest BCUT2D eigenvalue weighted by Gasteiger charge is 2.24. The van der Waals surface area contributed by atoms with Gasteiger partial charge in [-0.15, -0.1) is 6.58 Å². The Morgan fingerprint density at radius 3 is 2.61 bits per heavy atom. The van der Waals surface area contributed by atoms with Gasteiger partial charge in [-0.05, 0) is 31.7 Å². The molecule has 0 spiro atoms. The molecule has 6 heteroatoms. The van der Waals surface area contributed by atoms with Gasteiger partial charge in [0.15, 0.2) is 0 Å². The molecule has 0 aromatic heterocycles. The van der Waals surface area contributed by atoms with Crippen molar-refractivity contribution in [2.75, 3.05) is 0 Å². The molecule has 1 aromatic carbocycles. The Balaban J connectivity index is 2.67. The van der Waals surface area contributed by atoms with Crippen molar-refractivity contribution in [3.8, 4) is 0 Å². The van der Waals surface area contributed by atoms with Gasteiger partial charge in [-0.25, -0.2) is 18.5 Å². The lowest BCUT2D eigenvalue weighted by molar-refractivity contribution is 0.113. The zero-order valence-corrected chi connectivity index (χ0v) is 14.6. The van der Waals surface area contributed by atoms with E-state index in [0.717, 1.165) is 12.0 Å². The lowest BCUT2D eigenvalue weighted by Gasteiger charge is -2.21. The fourth-order valence-electron chi connectivity index (χ4n) is 2.29. The molecule has 0 fully saturated rings. The fraction of sp³-hybridized carbons (Fsp3) is 0.471. The Hall–Kier alpha value is -1.82. The third-order valence-electron chi connectivity index (χ3n) is 3.56. The Kier molecular flexibility index (Phi) is 7.81.